The van der Waals surface area contributed by atoms with Crippen LogP contribution in [0.1, 0.15) is 0 Å². The Kier molecular flexibility index (Phi) is 7.78. The van der Waals surface area contributed by atoms with E-state index >= 15 is 0 Å². The number of hydrogen-bond acceptors (Lipinski definition) is 4. The summed E-state index contributed by atoms with van der Waals surface area (Å²) in [5, 5.41) is 6.57. The molecule has 0 bridgehead atoms. The standard InChI is InChI=1S/C53H33N3O/c1-3-14-37(15-4-1)42-19-9-12-22-45(42)52-54-51(38-16-5-2-6-17-38)55-53(56-52)48-33-47-46-32-41(29-30-49(46)57-50(47)44-21-11-10-20-43(44)48)36-25-23-35(24-26-36)40-28-27-34-13-7-8-18-39(34)31-40/h1-33H. The van der Waals surface area contributed by atoms with E-state index in [4.69, 9.17) is 19.4 Å². The first-order valence-corrected chi connectivity index (χ1v) is 19.2. The second kappa shape index (κ2) is 13.6. The van der Waals surface area contributed by atoms with Gasteiger partial charge in [-0.2, -0.15) is 0 Å². The Hall–Kier alpha value is -7.69. The molecule has 0 aliphatic rings. The van der Waals surface area contributed by atoms with Crippen molar-refractivity contribution in [2.75, 3.05) is 0 Å². The molecular weight excluding hydrogens is 695 g/mol. The highest BCUT2D eigenvalue weighted by atomic mass is 16.3. The molecule has 0 unspecified atom stereocenters. The lowest BCUT2D eigenvalue weighted by molar-refractivity contribution is 0.673. The molecule has 11 rings (SSSR count). The van der Waals surface area contributed by atoms with E-state index in [1.807, 2.05) is 42.5 Å². The van der Waals surface area contributed by atoms with Gasteiger partial charge in [0.15, 0.2) is 17.5 Å². The van der Waals surface area contributed by atoms with Gasteiger partial charge in [0.2, 0.25) is 0 Å². The molecule has 0 N–H and O–H groups in total. The number of furan rings is 1. The molecule has 0 radical (unpaired) electrons. The van der Waals surface area contributed by atoms with Crippen LogP contribution in [0.25, 0.3) is 111 Å². The van der Waals surface area contributed by atoms with Crippen molar-refractivity contribution in [2.45, 2.75) is 0 Å². The van der Waals surface area contributed by atoms with Gasteiger partial charge in [0.05, 0.1) is 0 Å². The summed E-state index contributed by atoms with van der Waals surface area (Å²) in [6.45, 7) is 0. The van der Waals surface area contributed by atoms with Crippen molar-refractivity contribution < 1.29 is 4.42 Å². The molecule has 0 amide bonds. The summed E-state index contributed by atoms with van der Waals surface area (Å²) in [6, 6.07) is 69.9. The molecular formula is C53H33N3O. The van der Waals surface area contributed by atoms with E-state index in [0.29, 0.717) is 17.5 Å². The molecule has 4 nitrogen and oxygen atoms in total. The molecule has 11 aromatic rings. The molecule has 9 aromatic carbocycles. The Morgan fingerprint density at radius 3 is 1.58 bits per heavy atom. The Morgan fingerprint density at radius 2 is 0.825 bits per heavy atom. The minimum Gasteiger partial charge on any atom is -0.455 e. The van der Waals surface area contributed by atoms with E-state index in [1.165, 1.54) is 21.9 Å². The Balaban J connectivity index is 1.07. The maximum Gasteiger partial charge on any atom is 0.164 e. The number of aromatic nitrogens is 3. The SMILES string of the molecule is c1ccc(-c2nc(-c3ccccc3-c3ccccc3)nc(-c3cc4c5cc(-c6ccc(-c7ccc8ccccc8c7)cc6)ccc5oc4c4ccccc34)n2)cc1. The molecule has 0 aliphatic carbocycles. The predicted octanol–water partition coefficient (Wildman–Crippen LogP) is 14.1. The first-order valence-electron chi connectivity index (χ1n) is 19.2. The van der Waals surface area contributed by atoms with Crippen LogP contribution in [-0.4, -0.2) is 15.0 Å². The van der Waals surface area contributed by atoms with Crippen LogP contribution in [0.15, 0.2) is 205 Å². The average Bonchev–Trinajstić information content (AvgIpc) is 3.67. The minimum atomic E-state index is 0.606. The van der Waals surface area contributed by atoms with Crippen molar-refractivity contribution in [3.63, 3.8) is 0 Å². The molecule has 4 heteroatoms. The van der Waals surface area contributed by atoms with Gasteiger partial charge in [-0.3, -0.25) is 0 Å². The molecule has 0 saturated heterocycles. The fourth-order valence-corrected chi connectivity index (χ4v) is 8.07. The van der Waals surface area contributed by atoms with Gasteiger partial charge in [-0.25, -0.2) is 15.0 Å². The second-order valence-electron chi connectivity index (χ2n) is 14.4. The van der Waals surface area contributed by atoms with E-state index in [1.54, 1.807) is 0 Å². The van der Waals surface area contributed by atoms with Crippen LogP contribution < -0.4 is 0 Å². The summed E-state index contributed by atoms with van der Waals surface area (Å²) in [5.74, 6) is 1.85. The zero-order valence-corrected chi connectivity index (χ0v) is 30.8. The number of rotatable bonds is 6. The minimum absolute atomic E-state index is 0.606. The fourth-order valence-electron chi connectivity index (χ4n) is 8.07. The van der Waals surface area contributed by atoms with Gasteiger partial charge in [0, 0.05) is 32.8 Å². The number of hydrogen-bond donors (Lipinski definition) is 0. The predicted molar refractivity (Wildman–Crippen MR) is 235 cm³/mol. The highest BCUT2D eigenvalue weighted by molar-refractivity contribution is 6.19. The van der Waals surface area contributed by atoms with Gasteiger partial charge in [-0.05, 0) is 73.8 Å². The number of nitrogens with zero attached hydrogens (tertiary/aromatic N) is 3. The lowest BCUT2D eigenvalue weighted by Crippen LogP contribution is -2.01. The van der Waals surface area contributed by atoms with Crippen molar-refractivity contribution in [1.82, 2.24) is 15.0 Å². The molecule has 0 saturated carbocycles. The molecule has 0 atom stereocenters. The normalized spacial score (nSPS) is 11.5. The summed E-state index contributed by atoms with van der Waals surface area (Å²) in [4.78, 5) is 15.6. The smallest absolute Gasteiger partial charge is 0.164 e. The van der Waals surface area contributed by atoms with Crippen LogP contribution in [0.4, 0.5) is 0 Å². The Bertz CT molecular complexity index is 3280. The average molecular weight is 728 g/mol. The molecule has 2 aromatic heterocycles. The zero-order chi connectivity index (χ0) is 37.7. The summed E-state index contributed by atoms with van der Waals surface area (Å²) in [5.41, 5.74) is 11.3. The highest BCUT2D eigenvalue weighted by Crippen LogP contribution is 2.41. The zero-order valence-electron chi connectivity index (χ0n) is 30.8. The quantitative estimate of drug-likeness (QED) is 0.171. The topological polar surface area (TPSA) is 51.8 Å². The van der Waals surface area contributed by atoms with Crippen LogP contribution in [0.5, 0.6) is 0 Å². The fraction of sp³-hybridized carbons (Fsp3) is 0. The van der Waals surface area contributed by atoms with Gasteiger partial charge in [-0.1, -0.05) is 176 Å². The first-order chi connectivity index (χ1) is 28.2. The van der Waals surface area contributed by atoms with Crippen molar-refractivity contribution in [2.24, 2.45) is 0 Å². The second-order valence-corrected chi connectivity index (χ2v) is 14.4. The van der Waals surface area contributed by atoms with E-state index in [2.05, 4.69) is 158 Å². The summed E-state index contributed by atoms with van der Waals surface area (Å²) in [6.07, 6.45) is 0. The number of benzene rings is 9. The summed E-state index contributed by atoms with van der Waals surface area (Å²) in [7, 11) is 0. The van der Waals surface area contributed by atoms with Crippen LogP contribution in [0, 0.1) is 0 Å². The lowest BCUT2D eigenvalue weighted by atomic mass is 9.96. The van der Waals surface area contributed by atoms with Crippen molar-refractivity contribution >= 4 is 43.5 Å². The van der Waals surface area contributed by atoms with Gasteiger partial charge < -0.3 is 4.42 Å². The van der Waals surface area contributed by atoms with Gasteiger partial charge >= 0.3 is 0 Å². The van der Waals surface area contributed by atoms with Crippen molar-refractivity contribution in [3.8, 4) is 67.5 Å². The van der Waals surface area contributed by atoms with Gasteiger partial charge in [0.25, 0.3) is 0 Å². The third-order valence-electron chi connectivity index (χ3n) is 10.9. The third-order valence-corrected chi connectivity index (χ3v) is 10.9. The number of fused-ring (bicyclic) bond motifs is 6. The van der Waals surface area contributed by atoms with Crippen LogP contribution in [0.2, 0.25) is 0 Å². The lowest BCUT2D eigenvalue weighted by Gasteiger charge is -2.13. The molecule has 0 spiro atoms. The maximum absolute atomic E-state index is 6.66. The van der Waals surface area contributed by atoms with E-state index in [0.717, 1.165) is 71.7 Å². The Labute approximate surface area is 329 Å². The summed E-state index contributed by atoms with van der Waals surface area (Å²) >= 11 is 0. The van der Waals surface area contributed by atoms with E-state index < -0.39 is 0 Å². The van der Waals surface area contributed by atoms with E-state index in [9.17, 15) is 0 Å². The van der Waals surface area contributed by atoms with Crippen LogP contribution in [0.3, 0.4) is 0 Å². The molecule has 266 valence electrons. The van der Waals surface area contributed by atoms with Gasteiger partial charge in [-0.15, -0.1) is 0 Å². The van der Waals surface area contributed by atoms with Crippen LogP contribution in [-0.2, 0) is 0 Å². The largest absolute Gasteiger partial charge is 0.455 e. The van der Waals surface area contributed by atoms with Crippen molar-refractivity contribution in [3.05, 3.63) is 200 Å². The molecule has 2 heterocycles. The van der Waals surface area contributed by atoms with Crippen LogP contribution >= 0.6 is 0 Å². The molecule has 0 aliphatic heterocycles. The Morgan fingerprint density at radius 1 is 0.281 bits per heavy atom. The first kappa shape index (κ1) is 32.7. The van der Waals surface area contributed by atoms with E-state index in [-0.39, 0.29) is 0 Å². The highest BCUT2D eigenvalue weighted by Gasteiger charge is 2.20. The molecule has 57 heavy (non-hydrogen) atoms. The third kappa shape index (κ3) is 5.83. The summed E-state index contributed by atoms with van der Waals surface area (Å²) < 4.78 is 6.66. The maximum atomic E-state index is 6.66. The van der Waals surface area contributed by atoms with Gasteiger partial charge in [0.1, 0.15) is 11.2 Å². The van der Waals surface area contributed by atoms with Crippen molar-refractivity contribution in [1.29, 1.82) is 0 Å². The molecule has 0 fully saturated rings. The monoisotopic (exact) mass is 727 g/mol.